The molecule has 0 bridgehead atoms. The highest BCUT2D eigenvalue weighted by Gasteiger charge is 2.27. The van der Waals surface area contributed by atoms with E-state index < -0.39 is 0 Å². The highest BCUT2D eigenvalue weighted by Crippen LogP contribution is 2.31. The number of fused-ring (bicyclic) bond motifs is 1. The Bertz CT molecular complexity index is 1130. The fourth-order valence-electron chi connectivity index (χ4n) is 6.16. The van der Waals surface area contributed by atoms with Crippen LogP contribution in [0.1, 0.15) is 68.2 Å². The fraction of sp³-hybridized carbons (Fsp3) is 0.552. The Balaban J connectivity index is 1.16. The number of aromatic amines is 1. The molecule has 1 unspecified atom stereocenters. The lowest BCUT2D eigenvalue weighted by atomic mass is 10.1. The van der Waals surface area contributed by atoms with E-state index >= 15 is 0 Å². The van der Waals surface area contributed by atoms with Gasteiger partial charge in [0.15, 0.2) is 0 Å². The van der Waals surface area contributed by atoms with Gasteiger partial charge in [-0.05, 0) is 44.9 Å². The molecule has 2 saturated heterocycles. The molecule has 2 N–H and O–H groups in total. The maximum Gasteiger partial charge on any atom is 0.225 e. The first-order valence-electron chi connectivity index (χ1n) is 14.1. The molecule has 2 fully saturated rings. The van der Waals surface area contributed by atoms with E-state index in [2.05, 4.69) is 55.6 Å². The normalized spacial score (nSPS) is 21.1. The number of benzene rings is 1. The van der Waals surface area contributed by atoms with Crippen molar-refractivity contribution in [1.82, 2.24) is 25.1 Å². The summed E-state index contributed by atoms with van der Waals surface area (Å²) in [7, 11) is 0. The largest absolute Gasteiger partial charge is 0.356 e. The van der Waals surface area contributed by atoms with Crippen LogP contribution in [0.25, 0.3) is 11.3 Å². The van der Waals surface area contributed by atoms with E-state index in [0.717, 1.165) is 63.6 Å². The first-order chi connectivity index (χ1) is 17.8. The molecule has 7 nitrogen and oxygen atoms in total. The molecule has 2 aliphatic heterocycles. The van der Waals surface area contributed by atoms with Crippen molar-refractivity contribution < 1.29 is 0 Å². The summed E-state index contributed by atoms with van der Waals surface area (Å²) in [6.45, 7) is 5.24. The number of hydrogen-bond acceptors (Lipinski definition) is 6. The molecular weight excluding hydrogens is 446 g/mol. The van der Waals surface area contributed by atoms with E-state index in [1.807, 2.05) is 6.20 Å². The lowest BCUT2D eigenvalue weighted by molar-refractivity contribution is 0.329. The Kier molecular flexibility index (Phi) is 7.17. The second-order valence-electron chi connectivity index (χ2n) is 10.7. The van der Waals surface area contributed by atoms with E-state index in [9.17, 15) is 0 Å². The summed E-state index contributed by atoms with van der Waals surface area (Å²) in [6, 6.07) is 10.8. The molecule has 7 heteroatoms. The van der Waals surface area contributed by atoms with E-state index in [0.29, 0.717) is 6.04 Å². The van der Waals surface area contributed by atoms with Gasteiger partial charge in [0.25, 0.3) is 0 Å². The van der Waals surface area contributed by atoms with E-state index in [-0.39, 0.29) is 0 Å². The monoisotopic (exact) mass is 485 g/mol. The van der Waals surface area contributed by atoms with Crippen LogP contribution in [0, 0.1) is 0 Å². The molecule has 190 valence electrons. The van der Waals surface area contributed by atoms with Crippen LogP contribution in [0.4, 0.5) is 11.8 Å². The standard InChI is InChI=1S/C29H39N7/c1-2-10-17-36(16-9-1)28-25-13-7-4-8-14-26(25)32-29(33-28)31-24-15-18-35(21-24)20-23-19-30-34-27(23)22-11-5-3-6-12-22/h3,5-6,11-12,19,24H,1-2,4,7-10,13-18,20-21H2,(H,30,34)(H,31,32,33). The number of nitrogens with one attached hydrogen (secondary N) is 2. The average molecular weight is 486 g/mol. The SMILES string of the molecule is c1ccc(-c2n[nH]cc2CN2CCC(Nc3nc4c(c(N5CCCCCC5)n3)CCCCC4)C2)cc1. The van der Waals surface area contributed by atoms with Crippen molar-refractivity contribution in [2.24, 2.45) is 0 Å². The van der Waals surface area contributed by atoms with Gasteiger partial charge in [-0.1, -0.05) is 49.6 Å². The lowest BCUT2D eigenvalue weighted by Crippen LogP contribution is -2.29. The van der Waals surface area contributed by atoms with Gasteiger partial charge in [0, 0.05) is 61.7 Å². The number of hydrogen-bond donors (Lipinski definition) is 2. The summed E-state index contributed by atoms with van der Waals surface area (Å²) in [6.07, 6.45) is 14.4. The van der Waals surface area contributed by atoms with E-state index in [4.69, 9.17) is 9.97 Å². The minimum atomic E-state index is 0.373. The molecule has 6 rings (SSSR count). The van der Waals surface area contributed by atoms with Gasteiger partial charge in [-0.3, -0.25) is 10.00 Å². The minimum absolute atomic E-state index is 0.373. The molecule has 0 radical (unpaired) electrons. The van der Waals surface area contributed by atoms with Gasteiger partial charge in [-0.15, -0.1) is 0 Å². The number of likely N-dealkylation sites (tertiary alicyclic amines) is 1. The zero-order valence-corrected chi connectivity index (χ0v) is 21.4. The number of aromatic nitrogens is 4. The van der Waals surface area contributed by atoms with Crippen LogP contribution < -0.4 is 10.2 Å². The molecule has 4 heterocycles. The Labute approximate surface area is 214 Å². The number of nitrogens with zero attached hydrogens (tertiary/aromatic N) is 5. The molecule has 36 heavy (non-hydrogen) atoms. The van der Waals surface area contributed by atoms with Crippen molar-refractivity contribution in [3.05, 3.63) is 53.3 Å². The smallest absolute Gasteiger partial charge is 0.225 e. The zero-order chi connectivity index (χ0) is 24.2. The van der Waals surface area contributed by atoms with Crippen LogP contribution >= 0.6 is 0 Å². The average Bonchev–Trinajstić information content (AvgIpc) is 3.36. The molecule has 1 aliphatic carbocycles. The van der Waals surface area contributed by atoms with Crippen molar-refractivity contribution in [3.8, 4) is 11.3 Å². The summed E-state index contributed by atoms with van der Waals surface area (Å²) < 4.78 is 0. The van der Waals surface area contributed by atoms with Gasteiger partial charge in [0.1, 0.15) is 5.82 Å². The van der Waals surface area contributed by atoms with Crippen molar-refractivity contribution in [1.29, 1.82) is 0 Å². The lowest BCUT2D eigenvalue weighted by Gasteiger charge is -2.26. The van der Waals surface area contributed by atoms with Gasteiger partial charge >= 0.3 is 0 Å². The molecule has 0 spiro atoms. The van der Waals surface area contributed by atoms with Crippen LogP contribution in [0.2, 0.25) is 0 Å². The number of rotatable bonds is 6. The number of anilines is 2. The second kappa shape index (κ2) is 11.0. The maximum absolute atomic E-state index is 5.18. The minimum Gasteiger partial charge on any atom is -0.356 e. The third-order valence-corrected chi connectivity index (χ3v) is 8.08. The first-order valence-corrected chi connectivity index (χ1v) is 14.1. The van der Waals surface area contributed by atoms with Crippen LogP contribution in [0.3, 0.4) is 0 Å². The third-order valence-electron chi connectivity index (χ3n) is 8.08. The third kappa shape index (κ3) is 5.26. The predicted octanol–water partition coefficient (Wildman–Crippen LogP) is 5.20. The summed E-state index contributed by atoms with van der Waals surface area (Å²) in [5.41, 5.74) is 6.21. The predicted molar refractivity (Wildman–Crippen MR) is 145 cm³/mol. The quantitative estimate of drug-likeness (QED) is 0.468. The Morgan fingerprint density at radius 2 is 1.69 bits per heavy atom. The molecular formula is C29H39N7. The molecule has 3 aromatic rings. The van der Waals surface area contributed by atoms with Gasteiger partial charge in [0.2, 0.25) is 5.95 Å². The van der Waals surface area contributed by atoms with Gasteiger partial charge in [-0.25, -0.2) is 4.98 Å². The first kappa shape index (κ1) is 23.5. The van der Waals surface area contributed by atoms with Crippen molar-refractivity contribution in [2.75, 3.05) is 36.4 Å². The Morgan fingerprint density at radius 3 is 2.56 bits per heavy atom. The summed E-state index contributed by atoms with van der Waals surface area (Å²) in [5.74, 6) is 2.07. The molecule has 0 saturated carbocycles. The highest BCUT2D eigenvalue weighted by atomic mass is 15.3. The van der Waals surface area contributed by atoms with Crippen LogP contribution in [0.5, 0.6) is 0 Å². The summed E-state index contributed by atoms with van der Waals surface area (Å²) in [5, 5.41) is 11.4. The van der Waals surface area contributed by atoms with Crippen LogP contribution in [0.15, 0.2) is 36.5 Å². The summed E-state index contributed by atoms with van der Waals surface area (Å²) >= 11 is 0. The maximum atomic E-state index is 5.18. The topological polar surface area (TPSA) is 73.0 Å². The van der Waals surface area contributed by atoms with Crippen LogP contribution in [-0.4, -0.2) is 57.3 Å². The van der Waals surface area contributed by atoms with Crippen molar-refractivity contribution in [3.63, 3.8) is 0 Å². The van der Waals surface area contributed by atoms with Gasteiger partial charge < -0.3 is 10.2 Å². The summed E-state index contributed by atoms with van der Waals surface area (Å²) in [4.78, 5) is 15.4. The Morgan fingerprint density at radius 1 is 0.889 bits per heavy atom. The molecule has 2 aromatic heterocycles. The van der Waals surface area contributed by atoms with E-state index in [1.54, 1.807) is 0 Å². The van der Waals surface area contributed by atoms with Gasteiger partial charge in [0.05, 0.1) is 11.4 Å². The van der Waals surface area contributed by atoms with Gasteiger partial charge in [-0.2, -0.15) is 10.1 Å². The van der Waals surface area contributed by atoms with Crippen molar-refractivity contribution >= 4 is 11.8 Å². The van der Waals surface area contributed by atoms with E-state index in [1.165, 1.54) is 73.1 Å². The number of H-pyrrole nitrogens is 1. The zero-order valence-electron chi connectivity index (χ0n) is 21.4. The van der Waals surface area contributed by atoms with Crippen molar-refractivity contribution in [2.45, 2.75) is 76.8 Å². The molecule has 1 aromatic carbocycles. The number of aryl methyl sites for hydroxylation is 1. The fourth-order valence-corrected chi connectivity index (χ4v) is 6.16. The highest BCUT2D eigenvalue weighted by molar-refractivity contribution is 5.62. The molecule has 0 amide bonds. The molecule has 1 atom stereocenters. The second-order valence-corrected chi connectivity index (χ2v) is 10.7. The Hall–Kier alpha value is -2.93. The van der Waals surface area contributed by atoms with Crippen LogP contribution in [-0.2, 0) is 19.4 Å². The molecule has 3 aliphatic rings.